The Morgan fingerprint density at radius 2 is 1.97 bits per heavy atom. The van der Waals surface area contributed by atoms with Gasteiger partial charge in [0, 0.05) is 38.1 Å². The zero-order valence-corrected chi connectivity index (χ0v) is 17.6. The Bertz CT molecular complexity index is 914. The maximum atomic E-state index is 13.3. The van der Waals surface area contributed by atoms with E-state index in [2.05, 4.69) is 5.10 Å². The molecule has 1 aromatic heterocycles. The number of likely N-dealkylation sites (tertiary alicyclic amines) is 1. The second-order valence-electron chi connectivity index (χ2n) is 9.13. The molecule has 7 heteroatoms. The number of carbonyl (C=O) groups is 2. The predicted octanol–water partition coefficient (Wildman–Crippen LogP) is 3.53. The minimum absolute atomic E-state index is 0.0468. The molecule has 1 fully saturated rings. The van der Waals surface area contributed by atoms with Crippen molar-refractivity contribution in [3.05, 3.63) is 30.0 Å². The third-order valence-electron chi connectivity index (χ3n) is 5.58. The van der Waals surface area contributed by atoms with Crippen molar-refractivity contribution in [1.29, 1.82) is 0 Å². The highest BCUT2D eigenvalue weighted by Gasteiger charge is 2.32. The maximum Gasteiger partial charge on any atom is 0.410 e. The molecular formula is C22H30N4O3. The Hall–Kier alpha value is -2.57. The van der Waals surface area contributed by atoms with E-state index in [1.807, 2.05) is 54.6 Å². The Labute approximate surface area is 171 Å². The predicted molar refractivity (Wildman–Crippen MR) is 111 cm³/mol. The normalized spacial score (nSPS) is 20.5. The topological polar surface area (TPSA) is 67.7 Å². The van der Waals surface area contributed by atoms with Gasteiger partial charge in [-0.25, -0.2) is 4.79 Å². The minimum atomic E-state index is -0.496. The molecule has 0 spiro atoms. The molecule has 3 heterocycles. The van der Waals surface area contributed by atoms with Gasteiger partial charge in [-0.2, -0.15) is 5.10 Å². The van der Waals surface area contributed by atoms with Crippen molar-refractivity contribution >= 4 is 22.9 Å². The first-order valence-corrected chi connectivity index (χ1v) is 10.5. The average molecular weight is 399 g/mol. The molecule has 4 rings (SSSR count). The molecular weight excluding hydrogens is 368 g/mol. The largest absolute Gasteiger partial charge is 0.444 e. The molecule has 2 aliphatic rings. The molecule has 2 aromatic rings. The summed E-state index contributed by atoms with van der Waals surface area (Å²) in [6.07, 6.45) is 2.58. The van der Waals surface area contributed by atoms with E-state index in [1.165, 1.54) is 0 Å². The standard InChI is InChI=1S/C22H30N4O3/c1-22(2,3)29-21(28)25-11-6-8-16(15-25)14-24-12-7-13-26-19(20(24)27)17-9-4-5-10-18(17)23-26/h4-5,9-10,16H,6-8,11-15H2,1-3H3. The molecule has 156 valence electrons. The maximum absolute atomic E-state index is 13.3. The molecule has 1 aromatic carbocycles. The van der Waals surface area contributed by atoms with Gasteiger partial charge in [-0.15, -0.1) is 0 Å². The molecule has 0 aliphatic carbocycles. The molecule has 2 amide bonds. The van der Waals surface area contributed by atoms with Gasteiger partial charge in [0.1, 0.15) is 11.3 Å². The van der Waals surface area contributed by atoms with Gasteiger partial charge in [0.2, 0.25) is 0 Å². The molecule has 29 heavy (non-hydrogen) atoms. The monoisotopic (exact) mass is 398 g/mol. The summed E-state index contributed by atoms with van der Waals surface area (Å²) in [5.41, 5.74) is 1.06. The highest BCUT2D eigenvalue weighted by Crippen LogP contribution is 2.25. The summed E-state index contributed by atoms with van der Waals surface area (Å²) in [6, 6.07) is 7.83. The molecule has 1 atom stereocenters. The zero-order chi connectivity index (χ0) is 20.6. The molecule has 0 saturated carbocycles. The summed E-state index contributed by atoms with van der Waals surface area (Å²) in [4.78, 5) is 29.6. The summed E-state index contributed by atoms with van der Waals surface area (Å²) in [7, 11) is 0. The number of piperidine rings is 1. The zero-order valence-electron chi connectivity index (χ0n) is 17.6. The number of nitrogens with zero attached hydrogens (tertiary/aromatic N) is 4. The number of aryl methyl sites for hydroxylation is 1. The average Bonchev–Trinajstić information content (AvgIpc) is 2.96. The van der Waals surface area contributed by atoms with E-state index < -0.39 is 5.60 Å². The Balaban J connectivity index is 1.48. The van der Waals surface area contributed by atoms with Crippen LogP contribution >= 0.6 is 0 Å². The van der Waals surface area contributed by atoms with E-state index in [-0.39, 0.29) is 17.9 Å². The van der Waals surface area contributed by atoms with Crippen LogP contribution in [0.4, 0.5) is 4.79 Å². The Morgan fingerprint density at radius 1 is 1.17 bits per heavy atom. The van der Waals surface area contributed by atoms with Gasteiger partial charge in [0.25, 0.3) is 5.91 Å². The van der Waals surface area contributed by atoms with Crippen LogP contribution in [0.25, 0.3) is 10.9 Å². The van der Waals surface area contributed by atoms with E-state index in [0.29, 0.717) is 18.8 Å². The van der Waals surface area contributed by atoms with Gasteiger partial charge in [0.15, 0.2) is 0 Å². The smallest absolute Gasteiger partial charge is 0.410 e. The number of hydrogen-bond acceptors (Lipinski definition) is 4. The van der Waals surface area contributed by atoms with Crippen LogP contribution < -0.4 is 0 Å². The third-order valence-corrected chi connectivity index (χ3v) is 5.58. The molecule has 0 radical (unpaired) electrons. The number of ether oxygens (including phenoxy) is 1. The van der Waals surface area contributed by atoms with Gasteiger partial charge in [0.05, 0.1) is 5.52 Å². The van der Waals surface area contributed by atoms with E-state index in [1.54, 1.807) is 4.90 Å². The first-order chi connectivity index (χ1) is 13.8. The summed E-state index contributed by atoms with van der Waals surface area (Å²) >= 11 is 0. The summed E-state index contributed by atoms with van der Waals surface area (Å²) in [6.45, 7) is 9.15. The quantitative estimate of drug-likeness (QED) is 0.776. The Morgan fingerprint density at radius 3 is 2.76 bits per heavy atom. The first kappa shape index (κ1) is 19.7. The van der Waals surface area contributed by atoms with Crippen LogP contribution in [0.5, 0.6) is 0 Å². The van der Waals surface area contributed by atoms with Gasteiger partial charge in [-0.05, 0) is 52.0 Å². The van der Waals surface area contributed by atoms with Crippen LogP contribution in [0, 0.1) is 5.92 Å². The molecule has 0 N–H and O–H groups in total. The van der Waals surface area contributed by atoms with E-state index in [9.17, 15) is 9.59 Å². The molecule has 1 unspecified atom stereocenters. The fraction of sp³-hybridized carbons (Fsp3) is 0.591. The number of aromatic nitrogens is 2. The number of benzene rings is 1. The molecule has 1 saturated heterocycles. The fourth-order valence-electron chi connectivity index (χ4n) is 4.32. The number of carbonyl (C=O) groups excluding carboxylic acids is 2. The van der Waals surface area contributed by atoms with Crippen LogP contribution in [-0.4, -0.2) is 63.4 Å². The minimum Gasteiger partial charge on any atom is -0.444 e. The van der Waals surface area contributed by atoms with E-state index >= 15 is 0 Å². The number of hydrogen-bond donors (Lipinski definition) is 0. The molecule has 2 aliphatic heterocycles. The van der Waals surface area contributed by atoms with Crippen LogP contribution in [0.1, 0.15) is 50.5 Å². The van der Waals surface area contributed by atoms with E-state index in [0.717, 1.165) is 49.8 Å². The molecule has 7 nitrogen and oxygen atoms in total. The first-order valence-electron chi connectivity index (χ1n) is 10.5. The van der Waals surface area contributed by atoms with Gasteiger partial charge >= 0.3 is 6.09 Å². The summed E-state index contributed by atoms with van der Waals surface area (Å²) in [5.74, 6) is 0.312. The summed E-state index contributed by atoms with van der Waals surface area (Å²) in [5, 5.41) is 5.53. The SMILES string of the molecule is CC(C)(C)OC(=O)N1CCCC(CN2CCCn3nc4ccccc4c3C2=O)C1. The van der Waals surface area contributed by atoms with Crippen LogP contribution in [0.3, 0.4) is 0 Å². The Kier molecular flexibility index (Phi) is 5.23. The lowest BCUT2D eigenvalue weighted by atomic mass is 9.97. The number of fused-ring (bicyclic) bond motifs is 3. The highest BCUT2D eigenvalue weighted by atomic mass is 16.6. The van der Waals surface area contributed by atoms with Crippen molar-refractivity contribution in [3.63, 3.8) is 0 Å². The summed E-state index contributed by atoms with van der Waals surface area (Å²) < 4.78 is 7.40. The third kappa shape index (κ3) is 4.23. The lowest BCUT2D eigenvalue weighted by Gasteiger charge is -2.36. The van der Waals surface area contributed by atoms with Gasteiger partial charge in [-0.3, -0.25) is 9.48 Å². The lowest BCUT2D eigenvalue weighted by molar-refractivity contribution is 0.0147. The van der Waals surface area contributed by atoms with Crippen molar-refractivity contribution < 1.29 is 14.3 Å². The fourth-order valence-corrected chi connectivity index (χ4v) is 4.32. The number of rotatable bonds is 2. The van der Waals surface area contributed by atoms with Gasteiger partial charge in [-0.1, -0.05) is 18.2 Å². The van der Waals surface area contributed by atoms with Crippen LogP contribution in [0.2, 0.25) is 0 Å². The second kappa shape index (κ2) is 7.69. The van der Waals surface area contributed by atoms with E-state index in [4.69, 9.17) is 4.74 Å². The van der Waals surface area contributed by atoms with Crippen molar-refractivity contribution in [1.82, 2.24) is 19.6 Å². The second-order valence-corrected chi connectivity index (χ2v) is 9.13. The molecule has 0 bridgehead atoms. The van der Waals surface area contributed by atoms with Gasteiger partial charge < -0.3 is 14.5 Å². The van der Waals surface area contributed by atoms with Crippen molar-refractivity contribution in [2.24, 2.45) is 5.92 Å². The number of amides is 2. The van der Waals surface area contributed by atoms with Crippen LogP contribution in [-0.2, 0) is 11.3 Å². The van der Waals surface area contributed by atoms with Crippen molar-refractivity contribution in [3.8, 4) is 0 Å². The lowest BCUT2D eigenvalue weighted by Crippen LogP contribution is -2.46. The van der Waals surface area contributed by atoms with Crippen molar-refractivity contribution in [2.75, 3.05) is 26.2 Å². The highest BCUT2D eigenvalue weighted by molar-refractivity contribution is 6.05. The van der Waals surface area contributed by atoms with Crippen molar-refractivity contribution in [2.45, 2.75) is 52.2 Å². The van der Waals surface area contributed by atoms with Crippen LogP contribution in [0.15, 0.2) is 24.3 Å².